The van der Waals surface area contributed by atoms with Crippen LogP contribution in [0.4, 0.5) is 5.69 Å². The van der Waals surface area contributed by atoms with Crippen LogP contribution in [0.3, 0.4) is 0 Å². The SMILES string of the molecule is COc1cccc(-c2cc(=O)c3cc(N4CCCC4)cnc3n2S(=O)(=O)c2ccccc2)c1. The number of methoxy groups -OCH3 is 1. The van der Waals surface area contributed by atoms with Crippen molar-refractivity contribution in [3.63, 3.8) is 0 Å². The smallest absolute Gasteiger partial charge is 0.269 e. The third-order valence-corrected chi connectivity index (χ3v) is 7.63. The van der Waals surface area contributed by atoms with Gasteiger partial charge in [-0.1, -0.05) is 30.3 Å². The van der Waals surface area contributed by atoms with Crippen LogP contribution >= 0.6 is 0 Å². The van der Waals surface area contributed by atoms with E-state index in [0.717, 1.165) is 31.6 Å². The fraction of sp³-hybridized carbons (Fsp3) is 0.200. The van der Waals surface area contributed by atoms with Crippen molar-refractivity contribution in [1.82, 2.24) is 8.96 Å². The highest BCUT2D eigenvalue weighted by atomic mass is 32.2. The monoisotopic (exact) mass is 461 g/mol. The quantitative estimate of drug-likeness (QED) is 0.448. The van der Waals surface area contributed by atoms with Crippen molar-refractivity contribution < 1.29 is 13.2 Å². The van der Waals surface area contributed by atoms with Gasteiger partial charge in [-0.25, -0.2) is 17.4 Å². The molecule has 168 valence electrons. The average Bonchev–Trinajstić information content (AvgIpc) is 3.39. The van der Waals surface area contributed by atoms with E-state index in [4.69, 9.17) is 4.74 Å². The molecule has 0 spiro atoms. The molecule has 0 radical (unpaired) electrons. The predicted molar refractivity (Wildman–Crippen MR) is 128 cm³/mol. The zero-order valence-corrected chi connectivity index (χ0v) is 19.0. The first kappa shape index (κ1) is 21.2. The van der Waals surface area contributed by atoms with Gasteiger partial charge in [0.05, 0.1) is 35.0 Å². The van der Waals surface area contributed by atoms with Crippen LogP contribution in [0, 0.1) is 0 Å². The maximum absolute atomic E-state index is 13.8. The molecule has 1 saturated heterocycles. The number of aromatic nitrogens is 2. The van der Waals surface area contributed by atoms with Gasteiger partial charge in [-0.2, -0.15) is 0 Å². The summed E-state index contributed by atoms with van der Waals surface area (Å²) >= 11 is 0. The number of hydrogen-bond donors (Lipinski definition) is 0. The van der Waals surface area contributed by atoms with Gasteiger partial charge in [0.1, 0.15) is 5.75 Å². The lowest BCUT2D eigenvalue weighted by Gasteiger charge is -2.20. The number of benzene rings is 2. The highest BCUT2D eigenvalue weighted by Crippen LogP contribution is 2.30. The molecule has 2 aromatic heterocycles. The Morgan fingerprint density at radius 2 is 1.70 bits per heavy atom. The first-order valence-corrected chi connectivity index (χ1v) is 12.2. The standard InChI is InChI=1S/C25H23N3O4S/c1-32-20-9-7-8-18(14-20)23-16-24(29)22-15-19(27-12-5-6-13-27)17-26-25(22)28(23)33(30,31)21-10-3-2-4-11-21/h2-4,7-11,14-17H,5-6,12-13H2,1H3. The van der Waals surface area contributed by atoms with Crippen molar-refractivity contribution in [3.8, 4) is 17.0 Å². The molecular weight excluding hydrogens is 438 g/mol. The molecule has 0 saturated carbocycles. The lowest BCUT2D eigenvalue weighted by atomic mass is 10.1. The van der Waals surface area contributed by atoms with E-state index < -0.39 is 10.0 Å². The van der Waals surface area contributed by atoms with Gasteiger partial charge in [0.2, 0.25) is 0 Å². The summed E-state index contributed by atoms with van der Waals surface area (Å²) in [4.78, 5) is 20.0. The van der Waals surface area contributed by atoms with Gasteiger partial charge in [0.15, 0.2) is 11.1 Å². The molecule has 0 amide bonds. The van der Waals surface area contributed by atoms with Crippen LogP contribution in [0.2, 0.25) is 0 Å². The number of anilines is 1. The Balaban J connectivity index is 1.83. The Morgan fingerprint density at radius 1 is 0.939 bits per heavy atom. The van der Waals surface area contributed by atoms with Crippen molar-refractivity contribution in [3.05, 3.63) is 83.2 Å². The summed E-state index contributed by atoms with van der Waals surface area (Å²) in [5.41, 5.74) is 1.42. The van der Waals surface area contributed by atoms with Crippen LogP contribution in [0.15, 0.2) is 82.6 Å². The Labute approximate surface area is 191 Å². The molecule has 3 heterocycles. The van der Waals surface area contributed by atoms with E-state index in [2.05, 4.69) is 9.88 Å². The molecule has 2 aromatic carbocycles. The summed E-state index contributed by atoms with van der Waals surface area (Å²) in [5.74, 6) is 0.557. The summed E-state index contributed by atoms with van der Waals surface area (Å²) in [6, 6.07) is 18.3. The molecule has 4 aromatic rings. The van der Waals surface area contributed by atoms with Crippen LogP contribution in [-0.4, -0.2) is 37.6 Å². The first-order chi connectivity index (χ1) is 16.0. The zero-order chi connectivity index (χ0) is 23.0. The number of hydrogen-bond acceptors (Lipinski definition) is 6. The lowest BCUT2D eigenvalue weighted by molar-refractivity contribution is 0.415. The maximum Gasteiger partial charge on any atom is 0.269 e. The molecule has 1 aliphatic heterocycles. The number of ether oxygens (including phenoxy) is 1. The van der Waals surface area contributed by atoms with Crippen molar-refractivity contribution in [1.29, 1.82) is 0 Å². The van der Waals surface area contributed by atoms with Crippen LogP contribution < -0.4 is 15.1 Å². The summed E-state index contributed by atoms with van der Waals surface area (Å²) in [6.45, 7) is 1.79. The van der Waals surface area contributed by atoms with E-state index >= 15 is 0 Å². The minimum absolute atomic E-state index is 0.104. The summed E-state index contributed by atoms with van der Waals surface area (Å²) < 4.78 is 34.1. The van der Waals surface area contributed by atoms with E-state index in [1.54, 1.807) is 54.7 Å². The summed E-state index contributed by atoms with van der Waals surface area (Å²) in [7, 11) is -2.52. The van der Waals surface area contributed by atoms with Gasteiger partial charge in [0.25, 0.3) is 10.0 Å². The van der Waals surface area contributed by atoms with Crippen LogP contribution in [-0.2, 0) is 10.0 Å². The van der Waals surface area contributed by atoms with Gasteiger partial charge in [-0.3, -0.25) is 4.79 Å². The average molecular weight is 462 g/mol. The zero-order valence-electron chi connectivity index (χ0n) is 18.1. The molecular formula is C25H23N3O4S. The second-order valence-electron chi connectivity index (χ2n) is 7.97. The molecule has 0 aliphatic carbocycles. The predicted octanol–water partition coefficient (Wildman–Crippen LogP) is 3.91. The molecule has 1 fully saturated rings. The number of rotatable bonds is 5. The molecule has 0 unspecified atom stereocenters. The normalized spacial score (nSPS) is 14.0. The van der Waals surface area contributed by atoms with Crippen molar-refractivity contribution in [2.75, 3.05) is 25.1 Å². The maximum atomic E-state index is 13.8. The van der Waals surface area contributed by atoms with E-state index in [9.17, 15) is 13.2 Å². The highest BCUT2D eigenvalue weighted by molar-refractivity contribution is 7.90. The fourth-order valence-electron chi connectivity index (χ4n) is 4.24. The molecule has 33 heavy (non-hydrogen) atoms. The number of pyridine rings is 2. The van der Waals surface area contributed by atoms with Crippen molar-refractivity contribution in [2.24, 2.45) is 0 Å². The van der Waals surface area contributed by atoms with Gasteiger partial charge < -0.3 is 9.64 Å². The van der Waals surface area contributed by atoms with Gasteiger partial charge in [-0.15, -0.1) is 0 Å². The van der Waals surface area contributed by atoms with Gasteiger partial charge >= 0.3 is 0 Å². The summed E-state index contributed by atoms with van der Waals surface area (Å²) in [6.07, 6.45) is 3.82. The highest BCUT2D eigenvalue weighted by Gasteiger charge is 2.25. The third-order valence-electron chi connectivity index (χ3n) is 5.91. The van der Waals surface area contributed by atoms with Crippen LogP contribution in [0.5, 0.6) is 5.75 Å². The largest absolute Gasteiger partial charge is 0.497 e. The molecule has 1 aliphatic rings. The van der Waals surface area contributed by atoms with Crippen LogP contribution in [0.1, 0.15) is 12.8 Å². The number of nitrogens with zero attached hydrogens (tertiary/aromatic N) is 3. The van der Waals surface area contributed by atoms with Crippen molar-refractivity contribution in [2.45, 2.75) is 17.7 Å². The first-order valence-electron chi connectivity index (χ1n) is 10.7. The Hall–Kier alpha value is -3.65. The Bertz CT molecular complexity index is 1490. The van der Waals surface area contributed by atoms with E-state index in [-0.39, 0.29) is 27.1 Å². The van der Waals surface area contributed by atoms with E-state index in [1.165, 1.54) is 29.3 Å². The second-order valence-corrected chi connectivity index (χ2v) is 9.75. The minimum Gasteiger partial charge on any atom is -0.497 e. The number of fused-ring (bicyclic) bond motifs is 1. The Kier molecular flexibility index (Phi) is 5.38. The molecule has 8 heteroatoms. The molecule has 0 bridgehead atoms. The minimum atomic E-state index is -4.05. The molecule has 0 atom stereocenters. The summed E-state index contributed by atoms with van der Waals surface area (Å²) in [5, 5.41) is 0.269. The van der Waals surface area contributed by atoms with Crippen LogP contribution in [0.25, 0.3) is 22.3 Å². The van der Waals surface area contributed by atoms with Gasteiger partial charge in [0, 0.05) is 24.7 Å². The van der Waals surface area contributed by atoms with Crippen molar-refractivity contribution >= 4 is 26.7 Å². The molecule has 5 rings (SSSR count). The fourth-order valence-corrected chi connectivity index (χ4v) is 5.74. The second kappa shape index (κ2) is 8.37. The topological polar surface area (TPSA) is 81.5 Å². The van der Waals surface area contributed by atoms with E-state index in [0.29, 0.717) is 11.3 Å². The van der Waals surface area contributed by atoms with E-state index in [1.807, 2.05) is 0 Å². The molecule has 7 nitrogen and oxygen atoms in total. The van der Waals surface area contributed by atoms with Gasteiger partial charge in [-0.05, 0) is 43.2 Å². The lowest BCUT2D eigenvalue weighted by Crippen LogP contribution is -2.22. The molecule has 0 N–H and O–H groups in total. The third kappa shape index (κ3) is 3.76. The Morgan fingerprint density at radius 3 is 2.42 bits per heavy atom.